The Kier molecular flexibility index (Phi) is 5.39. The van der Waals surface area contributed by atoms with E-state index in [9.17, 15) is 13.8 Å². The van der Waals surface area contributed by atoms with E-state index < -0.39 is 61.9 Å². The third-order valence-corrected chi connectivity index (χ3v) is 9.05. The molecule has 0 spiro atoms. The first kappa shape index (κ1) is 25.1. The van der Waals surface area contributed by atoms with Gasteiger partial charge >= 0.3 is 12.1 Å². The second-order valence-electron chi connectivity index (χ2n) is 12.2. The Morgan fingerprint density at radius 3 is 1.60 bits per heavy atom. The first-order valence-corrected chi connectivity index (χ1v) is 11.4. The van der Waals surface area contributed by atoms with Crippen LogP contribution in [0.1, 0.15) is 90.0 Å². The van der Waals surface area contributed by atoms with E-state index in [-0.39, 0.29) is 0 Å². The molecule has 1 saturated carbocycles. The van der Waals surface area contributed by atoms with Gasteiger partial charge in [-0.05, 0) is 53.9 Å². The number of hydrogen-bond acceptors (Lipinski definition) is 6. The molecule has 0 N–H and O–H groups in total. The lowest BCUT2D eigenvalue weighted by molar-refractivity contribution is -0.182. The first-order chi connectivity index (χ1) is 13.0. The fourth-order valence-electron chi connectivity index (χ4n) is 5.17. The first-order valence-electron chi connectivity index (χ1n) is 10.4. The zero-order valence-electron chi connectivity index (χ0n) is 20.8. The fraction of sp³-hybridized carbons (Fsp3) is 0.909. The molecule has 2 fully saturated rings. The molecule has 1 amide bonds. The molecular weight excluding hydrogens is 406 g/mol. The zero-order chi connectivity index (χ0) is 23.9. The van der Waals surface area contributed by atoms with Gasteiger partial charge in [0.25, 0.3) is 11.3 Å². The molecule has 0 aromatic rings. The minimum Gasteiger partial charge on any atom is -0.458 e. The van der Waals surface area contributed by atoms with E-state index in [4.69, 9.17) is 13.7 Å². The van der Waals surface area contributed by atoms with Crippen LogP contribution in [-0.4, -0.2) is 42.9 Å². The summed E-state index contributed by atoms with van der Waals surface area (Å²) in [5.74, 6) is -0.641. The van der Waals surface area contributed by atoms with Gasteiger partial charge in [0.05, 0.1) is 0 Å². The summed E-state index contributed by atoms with van der Waals surface area (Å²) in [7, 11) is 0. The van der Waals surface area contributed by atoms with Crippen LogP contribution < -0.4 is 0 Å². The molecule has 2 rings (SSSR count). The predicted octanol–water partition coefficient (Wildman–Crippen LogP) is 4.76. The summed E-state index contributed by atoms with van der Waals surface area (Å²) in [5, 5.41) is 0. The van der Waals surface area contributed by atoms with Crippen molar-refractivity contribution in [2.45, 2.75) is 112 Å². The average Bonchev–Trinajstić information content (AvgIpc) is 2.75. The van der Waals surface area contributed by atoms with E-state index in [0.717, 1.165) is 4.31 Å². The average molecular weight is 446 g/mol. The van der Waals surface area contributed by atoms with Gasteiger partial charge in [0.15, 0.2) is 5.54 Å². The van der Waals surface area contributed by atoms with Crippen LogP contribution in [0.4, 0.5) is 4.79 Å². The number of amides is 1. The summed E-state index contributed by atoms with van der Waals surface area (Å²) >= 11 is -2.23. The van der Waals surface area contributed by atoms with Crippen molar-refractivity contribution in [1.82, 2.24) is 4.31 Å². The van der Waals surface area contributed by atoms with Crippen molar-refractivity contribution < 1.29 is 27.5 Å². The Labute approximate surface area is 184 Å². The lowest BCUT2D eigenvalue weighted by Gasteiger charge is -2.49. The Hall–Kier alpha value is -1.15. The molecular formula is C22H39NO6S. The summed E-state index contributed by atoms with van der Waals surface area (Å²) < 4.78 is 31.8. The summed E-state index contributed by atoms with van der Waals surface area (Å²) in [5.41, 5.74) is -6.69. The van der Waals surface area contributed by atoms with Crippen LogP contribution >= 0.6 is 0 Å². The summed E-state index contributed by atoms with van der Waals surface area (Å²) in [4.78, 5) is 27.4. The summed E-state index contributed by atoms with van der Waals surface area (Å²) in [6.45, 7) is 24.1. The topological polar surface area (TPSA) is 82.1 Å². The van der Waals surface area contributed by atoms with Gasteiger partial charge in [0, 0.05) is 10.8 Å². The number of esters is 1. The van der Waals surface area contributed by atoms with Crippen LogP contribution in [0.25, 0.3) is 0 Å². The molecule has 0 aromatic heterocycles. The van der Waals surface area contributed by atoms with E-state index >= 15 is 0 Å². The molecule has 1 heterocycles. The van der Waals surface area contributed by atoms with E-state index in [2.05, 4.69) is 0 Å². The van der Waals surface area contributed by atoms with Gasteiger partial charge in [-0.25, -0.2) is 13.8 Å². The van der Waals surface area contributed by atoms with Crippen molar-refractivity contribution in [2.75, 3.05) is 0 Å². The van der Waals surface area contributed by atoms with Gasteiger partial charge in [0.1, 0.15) is 16.8 Å². The number of nitrogens with zero attached hydrogens (tertiary/aromatic N) is 1. The van der Waals surface area contributed by atoms with Gasteiger partial charge in [-0.15, -0.1) is 0 Å². The molecule has 174 valence electrons. The Morgan fingerprint density at radius 2 is 1.20 bits per heavy atom. The Balaban J connectivity index is 2.91. The number of carbonyl (C=O) groups is 2. The monoisotopic (exact) mass is 445 g/mol. The lowest BCUT2D eigenvalue weighted by atomic mass is 9.58. The Bertz CT molecular complexity index is 788. The summed E-state index contributed by atoms with van der Waals surface area (Å²) in [6, 6.07) is 0. The van der Waals surface area contributed by atoms with E-state index in [0.29, 0.717) is 0 Å². The maximum atomic E-state index is 14.0. The highest BCUT2D eigenvalue weighted by Gasteiger charge is 2.89. The summed E-state index contributed by atoms with van der Waals surface area (Å²) in [6.07, 6.45) is -0.864. The number of hydrogen-bond donors (Lipinski definition) is 0. The molecule has 2 unspecified atom stereocenters. The highest BCUT2D eigenvalue weighted by Crippen LogP contribution is 2.76. The molecule has 30 heavy (non-hydrogen) atoms. The predicted molar refractivity (Wildman–Crippen MR) is 116 cm³/mol. The molecule has 7 nitrogen and oxygen atoms in total. The number of rotatable bonds is 1. The van der Waals surface area contributed by atoms with Crippen molar-refractivity contribution in [3.63, 3.8) is 0 Å². The largest absolute Gasteiger partial charge is 0.458 e. The van der Waals surface area contributed by atoms with Crippen molar-refractivity contribution in [3.8, 4) is 0 Å². The number of carbonyl (C=O) groups excluding carboxylic acids is 2. The van der Waals surface area contributed by atoms with Crippen LogP contribution in [-0.2, 0) is 29.7 Å². The van der Waals surface area contributed by atoms with Crippen LogP contribution in [0, 0.1) is 16.2 Å². The Morgan fingerprint density at radius 1 is 0.767 bits per heavy atom. The van der Waals surface area contributed by atoms with Crippen LogP contribution in [0.5, 0.6) is 0 Å². The van der Waals surface area contributed by atoms with Gasteiger partial charge in [-0.1, -0.05) is 41.5 Å². The van der Waals surface area contributed by atoms with Crippen molar-refractivity contribution >= 4 is 23.3 Å². The smallest absolute Gasteiger partial charge is 0.425 e. The van der Waals surface area contributed by atoms with Crippen molar-refractivity contribution in [3.05, 3.63) is 0 Å². The second kappa shape index (κ2) is 6.44. The molecule has 0 bridgehead atoms. The third-order valence-electron chi connectivity index (χ3n) is 7.86. The molecule has 1 aliphatic carbocycles. The quantitative estimate of drug-likeness (QED) is 0.541. The van der Waals surface area contributed by atoms with Crippen molar-refractivity contribution in [1.29, 1.82) is 0 Å². The van der Waals surface area contributed by atoms with E-state index in [1.54, 1.807) is 48.5 Å². The molecule has 8 heteroatoms. The van der Waals surface area contributed by atoms with Gasteiger partial charge in [-0.2, -0.15) is 4.31 Å². The molecule has 1 saturated heterocycles. The molecule has 1 aliphatic heterocycles. The van der Waals surface area contributed by atoms with Crippen LogP contribution in [0.3, 0.4) is 0 Å². The molecule has 2 aliphatic rings. The maximum Gasteiger partial charge on any atom is 0.425 e. The maximum absolute atomic E-state index is 14.0. The molecule has 0 radical (unpaired) electrons. The zero-order valence-corrected chi connectivity index (χ0v) is 21.6. The lowest BCUT2D eigenvalue weighted by Crippen LogP contribution is -2.70. The minimum atomic E-state index is -2.23. The third kappa shape index (κ3) is 2.89. The van der Waals surface area contributed by atoms with Gasteiger partial charge in [0.2, 0.25) is 0 Å². The molecule has 0 aromatic carbocycles. The highest BCUT2D eigenvalue weighted by atomic mass is 32.2. The minimum absolute atomic E-state index is 0.517. The van der Waals surface area contributed by atoms with Gasteiger partial charge in [-0.3, -0.25) is 4.18 Å². The van der Waals surface area contributed by atoms with E-state index in [1.165, 1.54) is 0 Å². The van der Waals surface area contributed by atoms with Crippen LogP contribution in [0.2, 0.25) is 0 Å². The molecule has 3 atom stereocenters. The van der Waals surface area contributed by atoms with E-state index in [1.807, 2.05) is 41.5 Å². The second-order valence-corrected chi connectivity index (χ2v) is 13.2. The number of ether oxygens (including phenoxy) is 2. The SMILES string of the molecule is CC(C)(C)OC(=O)N1S(=O)OC2(C)C(C)(C)C(C)(C)C(C)(C)[C@]12C(=O)OC(C)(C)C. The van der Waals surface area contributed by atoms with Gasteiger partial charge < -0.3 is 9.47 Å². The fourth-order valence-corrected chi connectivity index (χ4v) is 6.72. The normalized spacial score (nSPS) is 34.4. The standard InChI is InChI=1S/C22H39NO6S/c1-16(2,3)27-14(24)22-20(11,12)18(7,8)19(9,10)21(22,13)29-30(26)23(22)15(25)28-17(4,5)6/h1-13H3/t21?,22-,30?/m0/s1. The number of fused-ring (bicyclic) bond motifs is 1. The van der Waals surface area contributed by atoms with Crippen molar-refractivity contribution in [2.24, 2.45) is 16.2 Å². The highest BCUT2D eigenvalue weighted by molar-refractivity contribution is 7.78. The van der Waals surface area contributed by atoms with Crippen LogP contribution in [0.15, 0.2) is 0 Å².